The lowest BCUT2D eigenvalue weighted by atomic mass is 10.1. The molecule has 0 aromatic heterocycles. The summed E-state index contributed by atoms with van der Waals surface area (Å²) < 4.78 is 12.9. The molecule has 0 radical (unpaired) electrons. The molecule has 27 heavy (non-hydrogen) atoms. The summed E-state index contributed by atoms with van der Waals surface area (Å²) >= 11 is 2.02. The SMILES string of the molecule is O=c1c(Nc2ccccc2Br)c(Nc2ccc3c(c2O)[S+]([O-])CC=C3)c1=O. The summed E-state index contributed by atoms with van der Waals surface area (Å²) in [5.41, 5.74) is 0.375. The number of benzene rings is 2. The van der Waals surface area contributed by atoms with Crippen molar-refractivity contribution >= 4 is 55.9 Å². The molecule has 0 amide bonds. The van der Waals surface area contributed by atoms with Crippen molar-refractivity contribution < 1.29 is 9.66 Å². The molecule has 0 spiro atoms. The van der Waals surface area contributed by atoms with Gasteiger partial charge in [0.25, 0.3) is 10.9 Å². The lowest BCUT2D eigenvalue weighted by Crippen LogP contribution is -2.35. The van der Waals surface area contributed by atoms with E-state index in [9.17, 15) is 19.2 Å². The van der Waals surface area contributed by atoms with E-state index in [1.165, 1.54) is 0 Å². The van der Waals surface area contributed by atoms with Crippen LogP contribution in [0.2, 0.25) is 0 Å². The van der Waals surface area contributed by atoms with Crippen LogP contribution in [0.3, 0.4) is 0 Å². The van der Waals surface area contributed by atoms with Crippen LogP contribution < -0.4 is 21.5 Å². The first-order valence-corrected chi connectivity index (χ1v) is 10.1. The van der Waals surface area contributed by atoms with E-state index in [1.54, 1.807) is 42.5 Å². The molecule has 0 saturated carbocycles. The first-order chi connectivity index (χ1) is 13.0. The molecule has 3 N–H and O–H groups in total. The van der Waals surface area contributed by atoms with Crippen molar-refractivity contribution in [3.05, 3.63) is 73.0 Å². The first kappa shape index (κ1) is 17.8. The summed E-state index contributed by atoms with van der Waals surface area (Å²) in [6.07, 6.45) is 3.57. The molecule has 1 unspecified atom stereocenters. The number of rotatable bonds is 4. The average Bonchev–Trinajstić information content (AvgIpc) is 2.67. The Morgan fingerprint density at radius 3 is 2.37 bits per heavy atom. The Labute approximate surface area is 165 Å². The third-order valence-electron chi connectivity index (χ3n) is 4.24. The van der Waals surface area contributed by atoms with Crippen molar-refractivity contribution in [3.8, 4) is 5.75 Å². The van der Waals surface area contributed by atoms with E-state index in [0.717, 1.165) is 4.47 Å². The van der Waals surface area contributed by atoms with Gasteiger partial charge in [-0.15, -0.1) is 0 Å². The summed E-state index contributed by atoms with van der Waals surface area (Å²) in [4.78, 5) is 24.4. The average molecular weight is 445 g/mol. The Kier molecular flexibility index (Phi) is 4.55. The van der Waals surface area contributed by atoms with Gasteiger partial charge in [0.15, 0.2) is 5.75 Å². The van der Waals surface area contributed by atoms with Crippen LogP contribution in [0.15, 0.2) is 61.4 Å². The highest BCUT2D eigenvalue weighted by Crippen LogP contribution is 2.39. The van der Waals surface area contributed by atoms with Gasteiger partial charge in [-0.2, -0.15) is 0 Å². The van der Waals surface area contributed by atoms with Crippen LogP contribution in [0.1, 0.15) is 5.56 Å². The normalized spacial score (nSPS) is 15.6. The third-order valence-corrected chi connectivity index (χ3v) is 6.31. The smallest absolute Gasteiger partial charge is 0.253 e. The zero-order valence-corrected chi connectivity index (χ0v) is 16.2. The number of phenols is 1. The van der Waals surface area contributed by atoms with Crippen molar-refractivity contribution in [2.24, 2.45) is 0 Å². The Morgan fingerprint density at radius 2 is 1.67 bits per heavy atom. The maximum absolute atomic E-state index is 12.2. The van der Waals surface area contributed by atoms with E-state index < -0.39 is 22.0 Å². The Bertz CT molecular complexity index is 1150. The number of para-hydroxylation sites is 1. The van der Waals surface area contributed by atoms with Crippen molar-refractivity contribution in [1.29, 1.82) is 0 Å². The van der Waals surface area contributed by atoms with Gasteiger partial charge in [0.05, 0.1) is 11.4 Å². The van der Waals surface area contributed by atoms with Gasteiger partial charge in [0, 0.05) is 10.0 Å². The molecule has 3 aromatic carbocycles. The van der Waals surface area contributed by atoms with Gasteiger partial charge < -0.3 is 20.3 Å². The van der Waals surface area contributed by atoms with Crippen molar-refractivity contribution in [2.45, 2.75) is 4.90 Å². The first-order valence-electron chi connectivity index (χ1n) is 8.00. The van der Waals surface area contributed by atoms with E-state index in [-0.39, 0.29) is 22.8 Å². The number of phenolic OH excluding ortho intramolecular Hbond substituents is 1. The molecule has 4 rings (SSSR count). The molecule has 3 aromatic rings. The van der Waals surface area contributed by atoms with Crippen molar-refractivity contribution in [3.63, 3.8) is 0 Å². The van der Waals surface area contributed by atoms with Crippen molar-refractivity contribution in [2.75, 3.05) is 16.4 Å². The summed E-state index contributed by atoms with van der Waals surface area (Å²) in [5, 5.41) is 16.3. The van der Waals surface area contributed by atoms with E-state index in [0.29, 0.717) is 21.9 Å². The van der Waals surface area contributed by atoms with Gasteiger partial charge >= 0.3 is 0 Å². The number of nitrogens with one attached hydrogen (secondary N) is 2. The minimum atomic E-state index is -1.36. The molecule has 6 nitrogen and oxygen atoms in total. The summed E-state index contributed by atoms with van der Waals surface area (Å²) in [6, 6.07) is 10.5. The summed E-state index contributed by atoms with van der Waals surface area (Å²) in [6.45, 7) is 0. The monoisotopic (exact) mass is 444 g/mol. The zero-order valence-electron chi connectivity index (χ0n) is 13.8. The number of aromatic hydroxyl groups is 1. The van der Waals surface area contributed by atoms with Gasteiger partial charge in [-0.1, -0.05) is 12.1 Å². The Balaban J connectivity index is 1.69. The van der Waals surface area contributed by atoms with E-state index >= 15 is 0 Å². The fraction of sp³-hybridized carbons (Fsp3) is 0.0526. The molecule has 0 saturated heterocycles. The van der Waals surface area contributed by atoms with Crippen LogP contribution >= 0.6 is 15.9 Å². The zero-order chi connectivity index (χ0) is 19.1. The van der Waals surface area contributed by atoms with Crippen LogP contribution in [0.5, 0.6) is 5.75 Å². The van der Waals surface area contributed by atoms with Gasteiger partial charge in [-0.3, -0.25) is 9.59 Å². The topological polar surface area (TPSA) is 101 Å². The van der Waals surface area contributed by atoms with E-state index in [4.69, 9.17) is 0 Å². The highest BCUT2D eigenvalue weighted by atomic mass is 79.9. The number of fused-ring (bicyclic) bond motifs is 1. The van der Waals surface area contributed by atoms with Gasteiger partial charge in [0.2, 0.25) is 4.90 Å². The molecular weight excluding hydrogens is 432 g/mol. The Hall–Kier alpha value is -2.55. The molecule has 0 aliphatic carbocycles. The number of hydrogen-bond donors (Lipinski definition) is 3. The van der Waals surface area contributed by atoms with E-state index in [2.05, 4.69) is 26.6 Å². The van der Waals surface area contributed by atoms with Gasteiger partial charge in [0.1, 0.15) is 17.1 Å². The lowest BCUT2D eigenvalue weighted by molar-refractivity contribution is 0.461. The molecule has 8 heteroatoms. The van der Waals surface area contributed by atoms with Gasteiger partial charge in [-0.25, -0.2) is 0 Å². The van der Waals surface area contributed by atoms with Crippen LogP contribution in [0.4, 0.5) is 22.7 Å². The van der Waals surface area contributed by atoms with Crippen molar-refractivity contribution in [1.82, 2.24) is 0 Å². The predicted octanol–water partition coefficient (Wildman–Crippen LogP) is 3.37. The minimum absolute atomic E-state index is 0.0585. The molecule has 1 atom stereocenters. The molecule has 1 heterocycles. The quantitative estimate of drug-likeness (QED) is 0.324. The highest BCUT2D eigenvalue weighted by Gasteiger charge is 2.27. The molecular formula is C19H13BrN2O4S. The highest BCUT2D eigenvalue weighted by molar-refractivity contribution is 9.10. The fourth-order valence-corrected chi connectivity index (χ4v) is 4.41. The molecule has 136 valence electrons. The maximum atomic E-state index is 12.2. The second-order valence-corrected chi connectivity index (χ2v) is 8.22. The second-order valence-electron chi connectivity index (χ2n) is 5.93. The standard InChI is InChI=1S/C19H13BrN2O4S/c20-11-5-1-2-6-12(11)21-14-15(18(25)17(14)24)22-13-8-7-10-4-3-9-27(26)19(10)16(13)23/h1-8,21-23H,9H2. The molecule has 1 aliphatic heterocycles. The van der Waals surface area contributed by atoms with Crippen LogP contribution in [-0.2, 0) is 11.2 Å². The minimum Gasteiger partial charge on any atom is -0.611 e. The third kappa shape index (κ3) is 3.05. The number of halogens is 1. The van der Waals surface area contributed by atoms with Crippen LogP contribution in [0.25, 0.3) is 6.08 Å². The maximum Gasteiger partial charge on any atom is 0.253 e. The van der Waals surface area contributed by atoms with Crippen LogP contribution in [-0.4, -0.2) is 15.4 Å². The predicted molar refractivity (Wildman–Crippen MR) is 110 cm³/mol. The molecule has 0 bridgehead atoms. The second kappa shape index (κ2) is 6.88. The number of hydrogen-bond acceptors (Lipinski definition) is 6. The summed E-state index contributed by atoms with van der Waals surface area (Å²) in [7, 11) is 0. The van der Waals surface area contributed by atoms with E-state index in [1.807, 2.05) is 6.07 Å². The summed E-state index contributed by atoms with van der Waals surface area (Å²) in [5.74, 6) is 0.133. The molecule has 1 aliphatic rings. The largest absolute Gasteiger partial charge is 0.611 e. The van der Waals surface area contributed by atoms with Crippen LogP contribution in [0, 0.1) is 0 Å². The number of anilines is 4. The van der Waals surface area contributed by atoms with Gasteiger partial charge in [-0.05, 0) is 63.5 Å². The molecule has 0 fully saturated rings. The Morgan fingerprint density at radius 1 is 1.00 bits per heavy atom. The fourth-order valence-electron chi connectivity index (χ4n) is 2.87. The lowest BCUT2D eigenvalue weighted by Gasteiger charge is -2.20.